The molecule has 0 saturated carbocycles. The molecular weight excluding hydrogens is 323 g/mol. The average molecular weight is 350 g/mol. The molecule has 3 rings (SSSR count). The monoisotopic (exact) mass is 350 g/mol. The van der Waals surface area contributed by atoms with Crippen LogP contribution in [0.3, 0.4) is 0 Å². The topological polar surface area (TPSA) is 30.9 Å². The number of benzene rings is 2. The van der Waals surface area contributed by atoms with Crippen LogP contribution < -0.4 is 5.73 Å². The van der Waals surface area contributed by atoms with Crippen LogP contribution in [-0.2, 0) is 0 Å². The van der Waals surface area contributed by atoms with E-state index in [1.165, 1.54) is 23.0 Å². The highest BCUT2D eigenvalue weighted by atomic mass is 19.1. The minimum absolute atomic E-state index is 0.178. The molecule has 0 aliphatic rings. The van der Waals surface area contributed by atoms with E-state index in [2.05, 4.69) is 61.8 Å². The van der Waals surface area contributed by atoms with Gasteiger partial charge in [0, 0.05) is 34.2 Å². The lowest BCUT2D eigenvalue weighted by molar-refractivity contribution is 0.618. The minimum Gasteiger partial charge on any atom is -0.338 e. The van der Waals surface area contributed by atoms with Crippen LogP contribution in [0.25, 0.3) is 28.1 Å². The van der Waals surface area contributed by atoms with Gasteiger partial charge in [-0.1, -0.05) is 43.3 Å². The van der Waals surface area contributed by atoms with Crippen molar-refractivity contribution in [3.63, 3.8) is 0 Å². The maximum absolute atomic E-state index is 13.4. The molecule has 1 aromatic heterocycles. The first kappa shape index (κ1) is 18.4. The predicted octanol–water partition coefficient (Wildman–Crippen LogP) is 6.17. The number of fused-ring (bicyclic) bond motifs is 1. The van der Waals surface area contributed by atoms with E-state index in [9.17, 15) is 4.39 Å². The number of hydrogen-bond acceptors (Lipinski definition) is 1. The Labute approximate surface area is 155 Å². The summed E-state index contributed by atoms with van der Waals surface area (Å²) in [7, 11) is 0. The molecule has 26 heavy (non-hydrogen) atoms. The van der Waals surface area contributed by atoms with E-state index in [0.717, 1.165) is 29.7 Å². The van der Waals surface area contributed by atoms with Gasteiger partial charge in [-0.15, -0.1) is 0 Å². The summed E-state index contributed by atoms with van der Waals surface area (Å²) < 4.78 is 15.8. The van der Waals surface area contributed by atoms with Crippen LogP contribution in [0.4, 0.5) is 4.39 Å². The Balaban J connectivity index is 2.23. The van der Waals surface area contributed by atoms with Crippen LogP contribution in [0.1, 0.15) is 45.3 Å². The molecule has 3 aromatic rings. The van der Waals surface area contributed by atoms with E-state index in [-0.39, 0.29) is 11.9 Å². The number of nitrogens with two attached hydrogens (primary N) is 1. The van der Waals surface area contributed by atoms with Gasteiger partial charge in [-0.3, -0.25) is 0 Å². The maximum Gasteiger partial charge on any atom is 0.123 e. The molecule has 2 aromatic carbocycles. The number of rotatable bonds is 6. The van der Waals surface area contributed by atoms with Gasteiger partial charge in [0.25, 0.3) is 0 Å². The third kappa shape index (κ3) is 3.58. The molecule has 3 heteroatoms. The van der Waals surface area contributed by atoms with Crippen LogP contribution in [-0.4, -0.2) is 10.6 Å². The summed E-state index contributed by atoms with van der Waals surface area (Å²) in [4.78, 5) is 0. The fraction of sp³-hybridized carbons (Fsp3) is 0.304. The van der Waals surface area contributed by atoms with E-state index in [0.29, 0.717) is 6.04 Å². The fourth-order valence-corrected chi connectivity index (χ4v) is 3.44. The Morgan fingerprint density at radius 3 is 2.42 bits per heavy atom. The molecule has 0 aliphatic carbocycles. The Morgan fingerprint density at radius 1 is 1.08 bits per heavy atom. The highest BCUT2D eigenvalue weighted by Crippen LogP contribution is 2.37. The van der Waals surface area contributed by atoms with Gasteiger partial charge >= 0.3 is 0 Å². The molecule has 0 amide bonds. The molecule has 0 fully saturated rings. The summed E-state index contributed by atoms with van der Waals surface area (Å²) in [6.45, 7) is 6.49. The first-order chi connectivity index (χ1) is 12.5. The number of para-hydroxylation sites is 1. The highest BCUT2D eigenvalue weighted by molar-refractivity contribution is 6.01. The number of hydrogen-bond donors (Lipinski definition) is 1. The lowest BCUT2D eigenvalue weighted by Crippen LogP contribution is -2.16. The lowest BCUT2D eigenvalue weighted by atomic mass is 10.0. The Hall–Kier alpha value is -2.39. The largest absolute Gasteiger partial charge is 0.338 e. The molecule has 0 aliphatic heterocycles. The van der Waals surface area contributed by atoms with Crippen molar-refractivity contribution < 1.29 is 4.39 Å². The molecular formula is C23H27FN2. The average Bonchev–Trinajstić information content (AvgIpc) is 2.96. The second kappa shape index (κ2) is 7.88. The van der Waals surface area contributed by atoms with Crippen LogP contribution in [0, 0.1) is 5.82 Å². The third-order valence-corrected chi connectivity index (χ3v) is 4.84. The van der Waals surface area contributed by atoms with Crippen LogP contribution >= 0.6 is 0 Å². The summed E-state index contributed by atoms with van der Waals surface area (Å²) in [6, 6.07) is 15.7. The van der Waals surface area contributed by atoms with Gasteiger partial charge in [0.2, 0.25) is 0 Å². The zero-order valence-electron chi connectivity index (χ0n) is 15.7. The highest BCUT2D eigenvalue weighted by Gasteiger charge is 2.18. The number of nitrogens with zero attached hydrogens (tertiary/aromatic N) is 1. The SMILES string of the molecule is CCC(N)C/C=C/c1c(-c2ccc(F)cc2)c2ccccc2n1C(C)C. The molecule has 0 saturated heterocycles. The van der Waals surface area contributed by atoms with Gasteiger partial charge in [0.15, 0.2) is 0 Å². The van der Waals surface area contributed by atoms with Gasteiger partial charge < -0.3 is 10.3 Å². The molecule has 0 bridgehead atoms. The van der Waals surface area contributed by atoms with E-state index >= 15 is 0 Å². The standard InChI is InChI=1S/C23H27FN2/c1-4-19(25)8-7-11-22-23(17-12-14-18(24)15-13-17)20-9-5-6-10-21(20)26(22)16(2)3/h5-7,9-16,19H,4,8,25H2,1-3H3/b11-7+. The molecule has 2 nitrogen and oxygen atoms in total. The van der Waals surface area contributed by atoms with Gasteiger partial charge in [0.1, 0.15) is 5.82 Å². The zero-order valence-corrected chi connectivity index (χ0v) is 15.7. The van der Waals surface area contributed by atoms with Gasteiger partial charge in [-0.25, -0.2) is 4.39 Å². The second-order valence-electron chi connectivity index (χ2n) is 7.05. The first-order valence-corrected chi connectivity index (χ1v) is 9.34. The molecule has 0 spiro atoms. The van der Waals surface area contributed by atoms with Crippen LogP contribution in [0.15, 0.2) is 54.6 Å². The smallest absolute Gasteiger partial charge is 0.123 e. The number of aromatic nitrogens is 1. The Bertz CT molecular complexity index is 904. The molecule has 2 N–H and O–H groups in total. The van der Waals surface area contributed by atoms with Crippen molar-refractivity contribution in [1.82, 2.24) is 4.57 Å². The van der Waals surface area contributed by atoms with Crippen molar-refractivity contribution in [1.29, 1.82) is 0 Å². The summed E-state index contributed by atoms with van der Waals surface area (Å²) in [6.07, 6.45) is 6.14. The number of halogens is 1. The van der Waals surface area contributed by atoms with Crippen molar-refractivity contribution in [2.75, 3.05) is 0 Å². The molecule has 0 radical (unpaired) electrons. The van der Waals surface area contributed by atoms with E-state index < -0.39 is 0 Å². The molecule has 1 unspecified atom stereocenters. The summed E-state index contributed by atoms with van der Waals surface area (Å²) in [5.74, 6) is -0.215. The van der Waals surface area contributed by atoms with Crippen molar-refractivity contribution in [3.8, 4) is 11.1 Å². The second-order valence-corrected chi connectivity index (χ2v) is 7.05. The van der Waals surface area contributed by atoms with Crippen molar-refractivity contribution in [2.45, 2.75) is 45.7 Å². The third-order valence-electron chi connectivity index (χ3n) is 4.84. The minimum atomic E-state index is -0.215. The molecule has 1 heterocycles. The molecule has 136 valence electrons. The first-order valence-electron chi connectivity index (χ1n) is 9.34. The summed E-state index contributed by atoms with van der Waals surface area (Å²) in [5, 5.41) is 1.19. The van der Waals surface area contributed by atoms with Crippen LogP contribution in [0.5, 0.6) is 0 Å². The van der Waals surface area contributed by atoms with Crippen LogP contribution in [0.2, 0.25) is 0 Å². The van der Waals surface area contributed by atoms with E-state index in [1.807, 2.05) is 12.1 Å². The lowest BCUT2D eigenvalue weighted by Gasteiger charge is -2.14. The quantitative estimate of drug-likeness (QED) is 0.566. The van der Waals surface area contributed by atoms with Crippen molar-refractivity contribution in [3.05, 3.63) is 66.1 Å². The van der Waals surface area contributed by atoms with Crippen molar-refractivity contribution in [2.24, 2.45) is 5.73 Å². The van der Waals surface area contributed by atoms with E-state index in [4.69, 9.17) is 5.73 Å². The van der Waals surface area contributed by atoms with E-state index in [1.54, 1.807) is 0 Å². The van der Waals surface area contributed by atoms with Gasteiger partial charge in [-0.2, -0.15) is 0 Å². The predicted molar refractivity (Wildman–Crippen MR) is 110 cm³/mol. The maximum atomic E-state index is 13.4. The fourth-order valence-electron chi connectivity index (χ4n) is 3.44. The zero-order chi connectivity index (χ0) is 18.7. The normalized spacial score (nSPS) is 13.2. The van der Waals surface area contributed by atoms with Crippen molar-refractivity contribution >= 4 is 17.0 Å². The van der Waals surface area contributed by atoms with Gasteiger partial charge in [0.05, 0.1) is 0 Å². The Morgan fingerprint density at radius 2 is 1.77 bits per heavy atom. The summed E-state index contributed by atoms with van der Waals surface area (Å²) in [5.41, 5.74) is 10.6. The Kier molecular flexibility index (Phi) is 5.58. The summed E-state index contributed by atoms with van der Waals surface area (Å²) >= 11 is 0. The van der Waals surface area contributed by atoms with Gasteiger partial charge in [-0.05, 0) is 56.5 Å². The molecule has 1 atom stereocenters.